The van der Waals surface area contributed by atoms with Gasteiger partial charge >= 0.3 is 6.03 Å². The van der Waals surface area contributed by atoms with Gasteiger partial charge in [0.15, 0.2) is 0 Å². The number of urea groups is 1. The number of aromatic carboxylic acids is 1. The second kappa shape index (κ2) is 8.19. The molecule has 4 rings (SSSR count). The normalized spacial score (nSPS) is 15.2. The van der Waals surface area contributed by atoms with Gasteiger partial charge in [-0.3, -0.25) is 14.9 Å². The van der Waals surface area contributed by atoms with E-state index in [-0.39, 0.29) is 16.8 Å². The number of carboxylic acid groups (broad SMARTS) is 1. The Labute approximate surface area is 187 Å². The molecule has 1 N–H and O–H groups in total. The highest BCUT2D eigenvalue weighted by Crippen LogP contribution is 2.26. The van der Waals surface area contributed by atoms with E-state index in [0.29, 0.717) is 16.9 Å². The fourth-order valence-corrected chi connectivity index (χ4v) is 3.72. The number of aryl methyl sites for hydroxylation is 1. The molecule has 33 heavy (non-hydrogen) atoms. The number of hydrogen-bond acceptors (Lipinski definition) is 5. The molecule has 3 aromatic rings. The Balaban J connectivity index is 1.73. The Morgan fingerprint density at radius 3 is 2.18 bits per heavy atom. The molecule has 0 unspecified atom stereocenters. The number of nitrogens with one attached hydrogen (secondary N) is 1. The summed E-state index contributed by atoms with van der Waals surface area (Å²) in [6.45, 7) is 3.60. The quantitative estimate of drug-likeness (QED) is 0.488. The topological polar surface area (TPSA) is 112 Å². The zero-order valence-electron chi connectivity index (χ0n) is 17.6. The Morgan fingerprint density at radius 2 is 1.58 bits per heavy atom. The summed E-state index contributed by atoms with van der Waals surface area (Å²) in [5.41, 5.74) is 2.61. The van der Waals surface area contributed by atoms with E-state index in [1.165, 1.54) is 30.3 Å². The Hall–Kier alpha value is -4.53. The third-order valence-corrected chi connectivity index (χ3v) is 5.32. The van der Waals surface area contributed by atoms with Crippen LogP contribution in [0, 0.1) is 19.7 Å². The predicted molar refractivity (Wildman–Crippen MR) is 115 cm³/mol. The first-order valence-corrected chi connectivity index (χ1v) is 9.85. The summed E-state index contributed by atoms with van der Waals surface area (Å²) in [6.07, 6.45) is 1.38. The van der Waals surface area contributed by atoms with E-state index < -0.39 is 29.6 Å². The van der Waals surface area contributed by atoms with Gasteiger partial charge in [0.05, 0.1) is 11.7 Å². The predicted octanol–water partition coefficient (Wildman–Crippen LogP) is 2.26. The highest BCUT2D eigenvalue weighted by atomic mass is 19.1. The lowest BCUT2D eigenvalue weighted by molar-refractivity contribution is -0.255. The van der Waals surface area contributed by atoms with Gasteiger partial charge in [-0.1, -0.05) is 12.1 Å². The number of nitrogens with zero attached hydrogens (tertiary/aromatic N) is 2. The molecule has 166 valence electrons. The van der Waals surface area contributed by atoms with E-state index in [4.69, 9.17) is 0 Å². The van der Waals surface area contributed by atoms with Crippen LogP contribution in [-0.4, -0.2) is 28.4 Å². The van der Waals surface area contributed by atoms with Gasteiger partial charge in [-0.2, -0.15) is 0 Å². The molecule has 8 nitrogen and oxygen atoms in total. The van der Waals surface area contributed by atoms with Gasteiger partial charge in [0.1, 0.15) is 11.4 Å². The Kier molecular flexibility index (Phi) is 5.39. The molecule has 1 aliphatic rings. The molecule has 0 saturated carbocycles. The van der Waals surface area contributed by atoms with Crippen LogP contribution in [0.15, 0.2) is 60.2 Å². The van der Waals surface area contributed by atoms with Crippen LogP contribution in [-0.2, 0) is 9.59 Å². The zero-order chi connectivity index (χ0) is 23.9. The Bertz CT molecular complexity index is 1340. The van der Waals surface area contributed by atoms with Crippen LogP contribution in [0.5, 0.6) is 0 Å². The fraction of sp³-hybridized carbons (Fsp3) is 0.0833. The van der Waals surface area contributed by atoms with Gasteiger partial charge < -0.3 is 14.5 Å². The molecule has 2 aromatic carbocycles. The fourth-order valence-electron chi connectivity index (χ4n) is 3.72. The van der Waals surface area contributed by atoms with Crippen molar-refractivity contribution in [3.8, 4) is 5.69 Å². The minimum atomic E-state index is -1.28. The van der Waals surface area contributed by atoms with Crippen LogP contribution in [0.1, 0.15) is 27.3 Å². The van der Waals surface area contributed by atoms with E-state index in [1.807, 2.05) is 11.5 Å². The summed E-state index contributed by atoms with van der Waals surface area (Å²) >= 11 is 0. The minimum Gasteiger partial charge on any atom is -0.545 e. The van der Waals surface area contributed by atoms with Crippen molar-refractivity contribution in [1.29, 1.82) is 0 Å². The van der Waals surface area contributed by atoms with Crippen molar-refractivity contribution in [1.82, 2.24) is 9.88 Å². The third kappa shape index (κ3) is 3.91. The average Bonchev–Trinajstić information content (AvgIpc) is 3.05. The van der Waals surface area contributed by atoms with Gasteiger partial charge in [0.25, 0.3) is 11.8 Å². The van der Waals surface area contributed by atoms with E-state index in [1.54, 1.807) is 25.1 Å². The number of anilines is 1. The minimum absolute atomic E-state index is 0.0404. The summed E-state index contributed by atoms with van der Waals surface area (Å²) in [5, 5.41) is 13.1. The molecule has 0 bridgehead atoms. The van der Waals surface area contributed by atoms with Crippen molar-refractivity contribution in [3.05, 3.63) is 88.5 Å². The molecule has 4 amide bonds. The number of halogens is 1. The first-order valence-electron chi connectivity index (χ1n) is 9.85. The van der Waals surface area contributed by atoms with E-state index in [0.717, 1.165) is 22.7 Å². The first kappa shape index (κ1) is 21.7. The van der Waals surface area contributed by atoms with E-state index in [9.17, 15) is 28.7 Å². The van der Waals surface area contributed by atoms with Crippen molar-refractivity contribution in [2.75, 3.05) is 4.90 Å². The standard InChI is InChI=1S/C24H18FN3O5/c1-13-11-16(14(2)27(13)18-7-3-15(4-8-18)23(31)32)12-20-21(29)26-24(33)28(22(20)30)19-9-5-17(25)6-10-19/h3-12H,1-2H3,(H,31,32)(H,26,29,33)/p-1/b20-12+. The summed E-state index contributed by atoms with van der Waals surface area (Å²) in [4.78, 5) is 49.5. The van der Waals surface area contributed by atoms with Gasteiger partial charge in [0.2, 0.25) is 0 Å². The summed E-state index contributed by atoms with van der Waals surface area (Å²) in [7, 11) is 0. The monoisotopic (exact) mass is 446 g/mol. The van der Waals surface area contributed by atoms with Crippen LogP contribution in [0.3, 0.4) is 0 Å². The smallest absolute Gasteiger partial charge is 0.335 e. The number of hydrogen-bond donors (Lipinski definition) is 1. The number of aromatic nitrogens is 1. The van der Waals surface area contributed by atoms with Crippen molar-refractivity contribution in [2.45, 2.75) is 13.8 Å². The van der Waals surface area contributed by atoms with Crippen LogP contribution in [0.4, 0.5) is 14.9 Å². The number of carbonyl (C=O) groups excluding carboxylic acids is 4. The number of barbiturate groups is 1. The number of carboxylic acids is 1. The van der Waals surface area contributed by atoms with Crippen LogP contribution in [0.25, 0.3) is 11.8 Å². The summed E-state index contributed by atoms with van der Waals surface area (Å²) in [6, 6.07) is 11.7. The zero-order valence-corrected chi connectivity index (χ0v) is 17.6. The highest BCUT2D eigenvalue weighted by molar-refractivity contribution is 6.39. The maximum atomic E-state index is 13.3. The van der Waals surface area contributed by atoms with Gasteiger partial charge in [-0.25, -0.2) is 14.1 Å². The van der Waals surface area contributed by atoms with E-state index >= 15 is 0 Å². The Morgan fingerprint density at radius 1 is 0.970 bits per heavy atom. The SMILES string of the molecule is Cc1cc(/C=C2\C(=O)NC(=O)N(c3ccc(F)cc3)C2=O)c(C)n1-c1ccc(C(=O)[O-])cc1. The second-order valence-electron chi connectivity index (χ2n) is 7.43. The molecule has 0 atom stereocenters. The van der Waals surface area contributed by atoms with Crippen molar-refractivity contribution < 1.29 is 28.7 Å². The average molecular weight is 446 g/mol. The molecule has 9 heteroatoms. The van der Waals surface area contributed by atoms with Crippen LogP contribution < -0.4 is 15.3 Å². The molecule has 0 aliphatic carbocycles. The van der Waals surface area contributed by atoms with Crippen LogP contribution >= 0.6 is 0 Å². The number of rotatable bonds is 4. The molecule has 1 saturated heterocycles. The maximum absolute atomic E-state index is 13.3. The molecule has 2 heterocycles. The summed E-state index contributed by atoms with van der Waals surface area (Å²) in [5.74, 6) is -3.49. The lowest BCUT2D eigenvalue weighted by Crippen LogP contribution is -2.54. The number of carbonyl (C=O) groups is 4. The molecular weight excluding hydrogens is 429 g/mol. The lowest BCUT2D eigenvalue weighted by atomic mass is 10.1. The lowest BCUT2D eigenvalue weighted by Gasteiger charge is -2.26. The molecular formula is C24H17FN3O5-. The highest BCUT2D eigenvalue weighted by Gasteiger charge is 2.37. The van der Waals surface area contributed by atoms with Crippen molar-refractivity contribution in [2.24, 2.45) is 0 Å². The van der Waals surface area contributed by atoms with E-state index in [2.05, 4.69) is 5.32 Å². The van der Waals surface area contributed by atoms with Crippen molar-refractivity contribution >= 4 is 35.6 Å². The molecule has 0 spiro atoms. The number of benzene rings is 2. The largest absolute Gasteiger partial charge is 0.545 e. The van der Waals surface area contributed by atoms with Gasteiger partial charge in [0, 0.05) is 17.1 Å². The van der Waals surface area contributed by atoms with Gasteiger partial charge in [-0.05, 0) is 73.5 Å². The molecule has 1 aliphatic heterocycles. The molecule has 0 radical (unpaired) electrons. The second-order valence-corrected chi connectivity index (χ2v) is 7.43. The first-order chi connectivity index (χ1) is 15.7. The maximum Gasteiger partial charge on any atom is 0.335 e. The number of amides is 4. The molecule has 1 aromatic heterocycles. The number of imide groups is 2. The van der Waals surface area contributed by atoms with Crippen LogP contribution in [0.2, 0.25) is 0 Å². The van der Waals surface area contributed by atoms with Crippen molar-refractivity contribution in [3.63, 3.8) is 0 Å². The van der Waals surface area contributed by atoms with Gasteiger partial charge in [-0.15, -0.1) is 0 Å². The molecule has 1 fully saturated rings. The summed E-state index contributed by atoms with van der Waals surface area (Å²) < 4.78 is 15.1. The third-order valence-electron chi connectivity index (χ3n) is 5.32.